The monoisotopic (exact) mass is 348 g/mol. The van der Waals surface area contributed by atoms with E-state index in [-0.39, 0.29) is 0 Å². The molecule has 1 aromatic heterocycles. The lowest BCUT2D eigenvalue weighted by molar-refractivity contribution is 1.31. The Balaban J connectivity index is 2.04. The molecular formula is C19H13BrN2. The zero-order chi connectivity index (χ0) is 14.9. The number of nitrogens with one attached hydrogen (secondary N) is 1. The van der Waals surface area contributed by atoms with Crippen molar-refractivity contribution in [2.24, 2.45) is 0 Å². The lowest BCUT2D eigenvalue weighted by Crippen LogP contribution is -1.88. The first kappa shape index (κ1) is 13.3. The Hall–Kier alpha value is -2.39. The first-order valence-electron chi connectivity index (χ1n) is 7.10. The van der Waals surface area contributed by atoms with Crippen LogP contribution in [0.1, 0.15) is 0 Å². The number of aromatic amines is 1. The highest BCUT2D eigenvalue weighted by Gasteiger charge is 2.12. The Morgan fingerprint density at radius 1 is 0.818 bits per heavy atom. The molecule has 2 nitrogen and oxygen atoms in total. The van der Waals surface area contributed by atoms with Crippen molar-refractivity contribution in [1.82, 2.24) is 9.97 Å². The van der Waals surface area contributed by atoms with Crippen molar-refractivity contribution in [3.8, 4) is 22.5 Å². The number of aromatic nitrogens is 2. The van der Waals surface area contributed by atoms with E-state index in [0.717, 1.165) is 15.9 Å². The molecule has 0 radical (unpaired) electrons. The number of halogens is 1. The SMILES string of the molecule is Brc1ccc(-c2ncc[nH]2)c(-c2cccc3ccccc23)c1. The van der Waals surface area contributed by atoms with E-state index < -0.39 is 0 Å². The zero-order valence-electron chi connectivity index (χ0n) is 11.8. The third-order valence-corrected chi connectivity index (χ3v) is 4.31. The van der Waals surface area contributed by atoms with E-state index in [1.54, 1.807) is 6.20 Å². The molecule has 0 atom stereocenters. The van der Waals surface area contributed by atoms with E-state index in [2.05, 4.69) is 80.5 Å². The molecule has 4 rings (SSSR count). The van der Waals surface area contributed by atoms with E-state index >= 15 is 0 Å². The van der Waals surface area contributed by atoms with Crippen LogP contribution in [0.3, 0.4) is 0 Å². The molecule has 0 fully saturated rings. The molecule has 3 heteroatoms. The second kappa shape index (κ2) is 5.43. The molecule has 0 unspecified atom stereocenters. The van der Waals surface area contributed by atoms with Crippen LogP contribution in [0, 0.1) is 0 Å². The molecule has 0 spiro atoms. The summed E-state index contributed by atoms with van der Waals surface area (Å²) in [5.74, 6) is 0.885. The van der Waals surface area contributed by atoms with Gasteiger partial charge in [0.1, 0.15) is 5.82 Å². The molecule has 0 amide bonds. The third-order valence-electron chi connectivity index (χ3n) is 3.81. The molecule has 106 valence electrons. The number of benzene rings is 3. The molecule has 3 aromatic carbocycles. The highest BCUT2D eigenvalue weighted by atomic mass is 79.9. The minimum Gasteiger partial charge on any atom is -0.345 e. The van der Waals surface area contributed by atoms with Gasteiger partial charge < -0.3 is 4.98 Å². The number of H-pyrrole nitrogens is 1. The molecule has 22 heavy (non-hydrogen) atoms. The molecule has 0 bridgehead atoms. The largest absolute Gasteiger partial charge is 0.345 e. The molecule has 0 saturated heterocycles. The van der Waals surface area contributed by atoms with Crippen LogP contribution in [0.4, 0.5) is 0 Å². The number of rotatable bonds is 2. The van der Waals surface area contributed by atoms with Gasteiger partial charge in [-0.15, -0.1) is 0 Å². The van der Waals surface area contributed by atoms with Gasteiger partial charge in [0.25, 0.3) is 0 Å². The molecule has 0 aliphatic heterocycles. The Bertz CT molecular complexity index is 937. The van der Waals surface area contributed by atoms with Crippen LogP contribution >= 0.6 is 15.9 Å². The van der Waals surface area contributed by atoms with Crippen molar-refractivity contribution in [1.29, 1.82) is 0 Å². The lowest BCUT2D eigenvalue weighted by atomic mass is 9.94. The van der Waals surface area contributed by atoms with Crippen LogP contribution in [0.2, 0.25) is 0 Å². The quantitative estimate of drug-likeness (QED) is 0.497. The Morgan fingerprint density at radius 3 is 2.55 bits per heavy atom. The number of fused-ring (bicyclic) bond motifs is 1. The van der Waals surface area contributed by atoms with Gasteiger partial charge in [-0.05, 0) is 40.1 Å². The summed E-state index contributed by atoms with van der Waals surface area (Å²) in [4.78, 5) is 7.62. The van der Waals surface area contributed by atoms with Gasteiger partial charge in [0.2, 0.25) is 0 Å². The molecule has 4 aromatic rings. The minimum atomic E-state index is 0.885. The summed E-state index contributed by atoms with van der Waals surface area (Å²) in [6.07, 6.45) is 3.63. The van der Waals surface area contributed by atoms with Gasteiger partial charge in [-0.2, -0.15) is 0 Å². The second-order valence-electron chi connectivity index (χ2n) is 5.15. The summed E-state index contributed by atoms with van der Waals surface area (Å²) in [5.41, 5.74) is 3.48. The first-order chi connectivity index (χ1) is 10.8. The average molecular weight is 349 g/mol. The molecule has 0 aliphatic rings. The van der Waals surface area contributed by atoms with E-state index in [1.165, 1.54) is 21.9 Å². The fraction of sp³-hybridized carbons (Fsp3) is 0. The third kappa shape index (κ3) is 2.24. The fourth-order valence-electron chi connectivity index (χ4n) is 2.82. The van der Waals surface area contributed by atoms with Crippen molar-refractivity contribution in [2.75, 3.05) is 0 Å². The summed E-state index contributed by atoms with van der Waals surface area (Å²) >= 11 is 3.59. The Labute approximate surface area is 137 Å². The van der Waals surface area contributed by atoms with Crippen LogP contribution in [0.15, 0.2) is 77.5 Å². The number of nitrogens with zero attached hydrogens (tertiary/aromatic N) is 1. The topological polar surface area (TPSA) is 28.7 Å². The van der Waals surface area contributed by atoms with Gasteiger partial charge in [0, 0.05) is 22.4 Å². The van der Waals surface area contributed by atoms with Gasteiger partial charge in [0.05, 0.1) is 0 Å². The van der Waals surface area contributed by atoms with Gasteiger partial charge in [0.15, 0.2) is 0 Å². The molecule has 0 aliphatic carbocycles. The predicted molar refractivity (Wildman–Crippen MR) is 94.7 cm³/mol. The average Bonchev–Trinajstić information content (AvgIpc) is 3.08. The van der Waals surface area contributed by atoms with Crippen LogP contribution in [0.5, 0.6) is 0 Å². The first-order valence-corrected chi connectivity index (χ1v) is 7.90. The molecule has 1 heterocycles. The standard InChI is InChI=1S/C19H13BrN2/c20-14-8-9-17(19-21-10-11-22-19)18(12-14)16-7-3-5-13-4-1-2-6-15(13)16/h1-12H,(H,21,22). The molecular weight excluding hydrogens is 336 g/mol. The Morgan fingerprint density at radius 2 is 1.68 bits per heavy atom. The highest BCUT2D eigenvalue weighted by molar-refractivity contribution is 9.10. The van der Waals surface area contributed by atoms with Crippen LogP contribution in [-0.2, 0) is 0 Å². The van der Waals surface area contributed by atoms with Gasteiger partial charge >= 0.3 is 0 Å². The fourth-order valence-corrected chi connectivity index (χ4v) is 3.18. The maximum absolute atomic E-state index is 4.41. The summed E-state index contributed by atoms with van der Waals surface area (Å²) in [6.45, 7) is 0. The van der Waals surface area contributed by atoms with E-state index in [9.17, 15) is 0 Å². The summed E-state index contributed by atoms with van der Waals surface area (Å²) < 4.78 is 1.06. The zero-order valence-corrected chi connectivity index (χ0v) is 13.3. The van der Waals surface area contributed by atoms with E-state index in [0.29, 0.717) is 0 Å². The van der Waals surface area contributed by atoms with Crippen molar-refractivity contribution in [3.63, 3.8) is 0 Å². The summed E-state index contributed by atoms with van der Waals surface area (Å²) in [7, 11) is 0. The van der Waals surface area contributed by atoms with Crippen molar-refractivity contribution in [2.45, 2.75) is 0 Å². The van der Waals surface area contributed by atoms with Crippen molar-refractivity contribution in [3.05, 3.63) is 77.5 Å². The maximum Gasteiger partial charge on any atom is 0.137 e. The smallest absolute Gasteiger partial charge is 0.137 e. The van der Waals surface area contributed by atoms with Crippen molar-refractivity contribution >= 4 is 26.7 Å². The van der Waals surface area contributed by atoms with E-state index in [1.807, 2.05) is 12.3 Å². The van der Waals surface area contributed by atoms with Gasteiger partial charge in [-0.3, -0.25) is 0 Å². The van der Waals surface area contributed by atoms with Crippen LogP contribution in [-0.4, -0.2) is 9.97 Å². The highest BCUT2D eigenvalue weighted by Crippen LogP contribution is 2.36. The number of hydrogen-bond acceptors (Lipinski definition) is 1. The lowest BCUT2D eigenvalue weighted by Gasteiger charge is -2.11. The van der Waals surface area contributed by atoms with Gasteiger partial charge in [-0.1, -0.05) is 58.4 Å². The number of imidazole rings is 1. The van der Waals surface area contributed by atoms with Crippen LogP contribution < -0.4 is 0 Å². The predicted octanol–water partition coefficient (Wildman–Crippen LogP) is 5.66. The second-order valence-corrected chi connectivity index (χ2v) is 6.07. The van der Waals surface area contributed by atoms with E-state index in [4.69, 9.17) is 0 Å². The number of hydrogen-bond donors (Lipinski definition) is 1. The minimum absolute atomic E-state index is 0.885. The molecule has 1 N–H and O–H groups in total. The summed E-state index contributed by atoms with van der Waals surface area (Å²) in [5, 5.41) is 2.49. The van der Waals surface area contributed by atoms with Crippen molar-refractivity contribution < 1.29 is 0 Å². The maximum atomic E-state index is 4.41. The normalized spacial score (nSPS) is 11.0. The Kier molecular flexibility index (Phi) is 3.28. The summed E-state index contributed by atoms with van der Waals surface area (Å²) in [6, 6.07) is 21.2. The van der Waals surface area contributed by atoms with Crippen LogP contribution in [0.25, 0.3) is 33.3 Å². The molecule has 0 saturated carbocycles. The van der Waals surface area contributed by atoms with Gasteiger partial charge in [-0.25, -0.2) is 4.98 Å².